The van der Waals surface area contributed by atoms with E-state index in [9.17, 15) is 9.90 Å². The molecule has 28 heavy (non-hydrogen) atoms. The number of aryl methyl sites for hydroxylation is 2. The number of phenolic OH excluding ortho intramolecular Hbond substituents is 1. The summed E-state index contributed by atoms with van der Waals surface area (Å²) in [5, 5.41) is 21.2. The number of hydrogen-bond acceptors (Lipinski definition) is 6. The second-order valence-corrected chi connectivity index (χ2v) is 8.29. The van der Waals surface area contributed by atoms with Crippen LogP contribution in [0.25, 0.3) is 0 Å². The van der Waals surface area contributed by atoms with Crippen molar-refractivity contribution in [2.75, 3.05) is 10.6 Å². The van der Waals surface area contributed by atoms with E-state index in [1.807, 2.05) is 24.6 Å². The van der Waals surface area contributed by atoms with E-state index in [4.69, 9.17) is 0 Å². The molecule has 8 heteroatoms. The maximum Gasteiger partial charge on any atom is 0.267 e. The second-order valence-electron chi connectivity index (χ2n) is 7.26. The zero-order valence-corrected chi connectivity index (χ0v) is 17.5. The minimum atomic E-state index is -0.255. The number of carbonyl (C=O) groups is 1. The first-order chi connectivity index (χ1) is 13.2. The molecule has 0 spiro atoms. The quantitative estimate of drug-likeness (QED) is 0.562. The van der Waals surface area contributed by atoms with Gasteiger partial charge in [-0.15, -0.1) is 0 Å². The highest BCUT2D eigenvalue weighted by Gasteiger charge is 2.16. The van der Waals surface area contributed by atoms with Crippen molar-refractivity contribution in [1.82, 2.24) is 14.8 Å². The number of carbonyl (C=O) groups excluding carboxylic acids is 1. The Hall–Kier alpha value is -2.87. The van der Waals surface area contributed by atoms with Crippen LogP contribution in [-0.4, -0.2) is 25.8 Å². The molecule has 0 radical (unpaired) electrons. The average molecular weight is 400 g/mol. The van der Waals surface area contributed by atoms with E-state index in [-0.39, 0.29) is 11.7 Å². The van der Waals surface area contributed by atoms with E-state index in [0.717, 1.165) is 23.6 Å². The topological polar surface area (TPSA) is 92.1 Å². The van der Waals surface area contributed by atoms with Crippen molar-refractivity contribution in [2.24, 2.45) is 5.92 Å². The number of rotatable bonds is 6. The Morgan fingerprint density at radius 3 is 2.75 bits per heavy atom. The van der Waals surface area contributed by atoms with E-state index in [0.29, 0.717) is 27.2 Å². The van der Waals surface area contributed by atoms with Crippen molar-refractivity contribution in [3.63, 3.8) is 0 Å². The SMILES string of the molecule is Cc1cc(Nc2ncc(C(=O)Nc3c(C)ccc(O)c3C)s2)n(CC(C)C)n1. The third-order valence-electron chi connectivity index (χ3n) is 4.29. The highest BCUT2D eigenvalue weighted by atomic mass is 32.1. The summed E-state index contributed by atoms with van der Waals surface area (Å²) < 4.78 is 1.92. The largest absolute Gasteiger partial charge is 0.508 e. The summed E-state index contributed by atoms with van der Waals surface area (Å²) in [6.45, 7) is 10.7. The molecule has 3 N–H and O–H groups in total. The summed E-state index contributed by atoms with van der Waals surface area (Å²) in [5.41, 5.74) is 3.08. The molecular formula is C20H25N5O2S. The van der Waals surface area contributed by atoms with Crippen LogP contribution in [0.5, 0.6) is 5.75 Å². The van der Waals surface area contributed by atoms with Gasteiger partial charge in [-0.3, -0.25) is 4.79 Å². The number of anilines is 3. The lowest BCUT2D eigenvalue weighted by molar-refractivity contribution is 0.103. The van der Waals surface area contributed by atoms with Crippen LogP contribution in [0.2, 0.25) is 0 Å². The Morgan fingerprint density at radius 1 is 1.29 bits per heavy atom. The minimum Gasteiger partial charge on any atom is -0.508 e. The van der Waals surface area contributed by atoms with Crippen LogP contribution in [0.4, 0.5) is 16.6 Å². The molecule has 0 atom stereocenters. The highest BCUT2D eigenvalue weighted by Crippen LogP contribution is 2.29. The van der Waals surface area contributed by atoms with Gasteiger partial charge in [-0.05, 0) is 38.3 Å². The van der Waals surface area contributed by atoms with Crippen LogP contribution >= 0.6 is 11.3 Å². The normalized spacial score (nSPS) is 11.1. The molecule has 2 aromatic heterocycles. The van der Waals surface area contributed by atoms with Gasteiger partial charge in [0.1, 0.15) is 16.4 Å². The number of aromatic nitrogens is 3. The zero-order valence-electron chi connectivity index (χ0n) is 16.7. The van der Waals surface area contributed by atoms with Gasteiger partial charge in [0, 0.05) is 18.2 Å². The van der Waals surface area contributed by atoms with Crippen molar-refractivity contribution < 1.29 is 9.90 Å². The van der Waals surface area contributed by atoms with Crippen LogP contribution in [0.15, 0.2) is 24.4 Å². The number of benzene rings is 1. The average Bonchev–Trinajstić information content (AvgIpc) is 3.22. The molecular weight excluding hydrogens is 374 g/mol. The maximum absolute atomic E-state index is 12.6. The molecule has 0 bridgehead atoms. The maximum atomic E-state index is 12.6. The van der Waals surface area contributed by atoms with E-state index < -0.39 is 0 Å². The summed E-state index contributed by atoms with van der Waals surface area (Å²) in [5.74, 6) is 1.22. The first-order valence-electron chi connectivity index (χ1n) is 9.12. The number of aromatic hydroxyl groups is 1. The van der Waals surface area contributed by atoms with Crippen molar-refractivity contribution in [3.05, 3.63) is 46.1 Å². The van der Waals surface area contributed by atoms with E-state index in [1.165, 1.54) is 11.3 Å². The van der Waals surface area contributed by atoms with E-state index >= 15 is 0 Å². The minimum absolute atomic E-state index is 0.154. The predicted molar refractivity (Wildman–Crippen MR) is 113 cm³/mol. The number of amides is 1. The van der Waals surface area contributed by atoms with Gasteiger partial charge in [-0.2, -0.15) is 5.10 Å². The van der Waals surface area contributed by atoms with Gasteiger partial charge in [0.05, 0.1) is 17.6 Å². The van der Waals surface area contributed by atoms with Gasteiger partial charge in [-0.25, -0.2) is 9.67 Å². The molecule has 3 aromatic rings. The molecule has 0 saturated heterocycles. The molecule has 0 fully saturated rings. The second kappa shape index (κ2) is 8.02. The lowest BCUT2D eigenvalue weighted by atomic mass is 10.1. The van der Waals surface area contributed by atoms with Crippen LogP contribution < -0.4 is 10.6 Å². The Morgan fingerprint density at radius 2 is 2.04 bits per heavy atom. The first kappa shape index (κ1) is 19.9. The monoisotopic (exact) mass is 399 g/mol. The molecule has 0 aliphatic carbocycles. The molecule has 3 rings (SSSR count). The lowest BCUT2D eigenvalue weighted by Crippen LogP contribution is -2.12. The van der Waals surface area contributed by atoms with Crippen LogP contribution in [0.3, 0.4) is 0 Å². The summed E-state index contributed by atoms with van der Waals surface area (Å²) in [6.07, 6.45) is 1.55. The van der Waals surface area contributed by atoms with Crippen LogP contribution in [-0.2, 0) is 6.54 Å². The van der Waals surface area contributed by atoms with Gasteiger partial charge >= 0.3 is 0 Å². The number of hydrogen-bond donors (Lipinski definition) is 3. The number of thiazole rings is 1. The summed E-state index contributed by atoms with van der Waals surface area (Å²) in [6, 6.07) is 5.36. The first-order valence-corrected chi connectivity index (χ1v) is 9.94. The third-order valence-corrected chi connectivity index (χ3v) is 5.20. The van der Waals surface area contributed by atoms with Crippen molar-refractivity contribution in [3.8, 4) is 5.75 Å². The predicted octanol–water partition coefficient (Wildman–Crippen LogP) is 4.62. The molecule has 2 heterocycles. The third kappa shape index (κ3) is 4.33. The Balaban J connectivity index is 1.76. The molecule has 0 saturated carbocycles. The molecule has 0 aliphatic rings. The zero-order chi connectivity index (χ0) is 20.4. The Kier molecular flexibility index (Phi) is 5.69. The molecule has 0 unspecified atom stereocenters. The number of nitrogens with zero attached hydrogens (tertiary/aromatic N) is 3. The van der Waals surface area contributed by atoms with Crippen molar-refractivity contribution >= 4 is 33.9 Å². The van der Waals surface area contributed by atoms with Crippen LogP contribution in [0, 0.1) is 26.7 Å². The van der Waals surface area contributed by atoms with Crippen molar-refractivity contribution in [1.29, 1.82) is 0 Å². The molecule has 0 aliphatic heterocycles. The highest BCUT2D eigenvalue weighted by molar-refractivity contribution is 7.17. The summed E-state index contributed by atoms with van der Waals surface area (Å²) in [7, 11) is 0. The number of phenols is 1. The molecule has 148 valence electrons. The summed E-state index contributed by atoms with van der Waals surface area (Å²) in [4.78, 5) is 17.4. The van der Waals surface area contributed by atoms with Gasteiger partial charge in [0.15, 0.2) is 5.13 Å². The van der Waals surface area contributed by atoms with Gasteiger partial charge in [0.25, 0.3) is 5.91 Å². The molecule has 1 amide bonds. The van der Waals surface area contributed by atoms with Gasteiger partial charge in [0.2, 0.25) is 0 Å². The van der Waals surface area contributed by atoms with Crippen LogP contribution in [0.1, 0.15) is 40.3 Å². The van der Waals surface area contributed by atoms with Crippen molar-refractivity contribution in [2.45, 2.75) is 41.2 Å². The van der Waals surface area contributed by atoms with Gasteiger partial charge < -0.3 is 15.7 Å². The summed E-state index contributed by atoms with van der Waals surface area (Å²) >= 11 is 1.27. The smallest absolute Gasteiger partial charge is 0.267 e. The fraction of sp³-hybridized carbons (Fsp3) is 0.350. The Labute approximate surface area is 168 Å². The standard InChI is InChI=1S/C20H25N5O2S/c1-11(2)10-25-17(8-13(4)24-25)22-20-21-9-16(28-20)19(27)23-18-12(3)6-7-15(26)14(18)5/h6-9,11,26H,10H2,1-5H3,(H,21,22)(H,23,27). The Bertz CT molecular complexity index is 1010. The van der Waals surface area contributed by atoms with E-state index in [1.54, 1.807) is 25.3 Å². The molecule has 7 nitrogen and oxygen atoms in total. The fourth-order valence-electron chi connectivity index (χ4n) is 2.88. The number of nitrogens with one attached hydrogen (secondary N) is 2. The van der Waals surface area contributed by atoms with Gasteiger partial charge in [-0.1, -0.05) is 31.3 Å². The van der Waals surface area contributed by atoms with E-state index in [2.05, 4.69) is 34.6 Å². The molecule has 1 aromatic carbocycles. The lowest BCUT2D eigenvalue weighted by Gasteiger charge is -2.12. The fourth-order valence-corrected chi connectivity index (χ4v) is 3.60.